The molecule has 0 atom stereocenters. The third kappa shape index (κ3) is 6.84. The largest absolute Gasteiger partial charge is 0.391 e. The van der Waals surface area contributed by atoms with Crippen LogP contribution in [0.4, 0.5) is 0 Å². The summed E-state index contributed by atoms with van der Waals surface area (Å²) in [4.78, 5) is 9.97. The Morgan fingerprint density at radius 3 is 2.82 bits per heavy atom. The van der Waals surface area contributed by atoms with Gasteiger partial charge in [0.1, 0.15) is 6.29 Å². The van der Waals surface area contributed by atoms with Crippen molar-refractivity contribution < 1.29 is 4.79 Å². The van der Waals surface area contributed by atoms with Crippen molar-refractivity contribution >= 4 is 6.29 Å². The Hall–Kier alpha value is -1.05. The van der Waals surface area contributed by atoms with Gasteiger partial charge >= 0.3 is 0 Å². The summed E-state index contributed by atoms with van der Waals surface area (Å²) in [5.41, 5.74) is 0.962. The average molecular weight is 153 g/mol. The molecule has 0 radical (unpaired) electrons. The molecule has 0 aliphatic carbocycles. The zero-order chi connectivity index (χ0) is 8.53. The van der Waals surface area contributed by atoms with Crippen LogP contribution in [0.2, 0.25) is 0 Å². The molecule has 1 N–H and O–H groups in total. The molecular weight excluding hydrogens is 138 g/mol. The molecule has 11 heavy (non-hydrogen) atoms. The van der Waals surface area contributed by atoms with Crippen LogP contribution in [0, 0.1) is 0 Å². The van der Waals surface area contributed by atoms with E-state index in [2.05, 4.69) is 12.2 Å². The first-order valence-corrected chi connectivity index (χ1v) is 3.83. The minimum Gasteiger partial charge on any atom is -0.391 e. The summed E-state index contributed by atoms with van der Waals surface area (Å²) in [5, 5.41) is 3.09. The third-order valence-electron chi connectivity index (χ3n) is 1.19. The number of aldehydes is 1. The van der Waals surface area contributed by atoms with Gasteiger partial charge in [0.05, 0.1) is 0 Å². The number of hydrogen-bond donors (Lipinski definition) is 1. The lowest BCUT2D eigenvalue weighted by Crippen LogP contribution is -2.04. The van der Waals surface area contributed by atoms with E-state index in [1.807, 2.05) is 19.2 Å². The Morgan fingerprint density at radius 1 is 1.55 bits per heavy atom. The highest BCUT2D eigenvalue weighted by Crippen LogP contribution is 1.90. The van der Waals surface area contributed by atoms with Crippen LogP contribution in [0.5, 0.6) is 0 Å². The summed E-state index contributed by atoms with van der Waals surface area (Å²) in [6.45, 7) is 4.97. The van der Waals surface area contributed by atoms with Crippen LogP contribution in [-0.4, -0.2) is 12.8 Å². The van der Waals surface area contributed by atoms with Crippen molar-refractivity contribution in [3.63, 3.8) is 0 Å². The van der Waals surface area contributed by atoms with Crippen molar-refractivity contribution in [3.8, 4) is 0 Å². The first-order valence-electron chi connectivity index (χ1n) is 3.83. The number of carbonyl (C=O) groups excluding carboxylic acids is 1. The molecule has 0 aliphatic rings. The molecule has 0 aromatic heterocycles. The topological polar surface area (TPSA) is 29.1 Å². The minimum absolute atomic E-state index is 0.791. The van der Waals surface area contributed by atoms with Crippen LogP contribution < -0.4 is 5.32 Å². The normalized spacial score (nSPS) is 12.0. The van der Waals surface area contributed by atoms with Crippen molar-refractivity contribution in [2.45, 2.75) is 20.3 Å². The van der Waals surface area contributed by atoms with Gasteiger partial charge in [-0.2, -0.15) is 0 Å². The van der Waals surface area contributed by atoms with Crippen molar-refractivity contribution in [1.82, 2.24) is 5.32 Å². The summed E-state index contributed by atoms with van der Waals surface area (Å²) in [7, 11) is 0. The summed E-state index contributed by atoms with van der Waals surface area (Å²) in [5.74, 6) is 0. The minimum atomic E-state index is 0.791. The van der Waals surface area contributed by atoms with E-state index >= 15 is 0 Å². The molecule has 0 aliphatic heterocycles. The van der Waals surface area contributed by atoms with Crippen LogP contribution >= 0.6 is 0 Å². The van der Waals surface area contributed by atoms with Crippen LogP contribution in [-0.2, 0) is 4.79 Å². The smallest absolute Gasteiger partial charge is 0.143 e. The fourth-order valence-electron chi connectivity index (χ4n) is 0.581. The molecule has 0 spiro atoms. The first kappa shape index (κ1) is 9.95. The standard InChI is InChI=1S/C9H15NO/c1-3-6-10-7-4-9(2)5-8-11/h4-5,7-8,10H,3,6H2,1-2H3/b7-4-,9-5-. The highest BCUT2D eigenvalue weighted by Gasteiger charge is 1.78. The fourth-order valence-corrected chi connectivity index (χ4v) is 0.581. The quantitative estimate of drug-likeness (QED) is 0.281. The van der Waals surface area contributed by atoms with Crippen LogP contribution in [0.25, 0.3) is 0 Å². The van der Waals surface area contributed by atoms with Gasteiger partial charge in [-0.15, -0.1) is 0 Å². The van der Waals surface area contributed by atoms with Crippen LogP contribution in [0.3, 0.4) is 0 Å². The Bertz CT molecular complexity index is 159. The van der Waals surface area contributed by atoms with Crippen LogP contribution in [0.1, 0.15) is 20.3 Å². The van der Waals surface area contributed by atoms with E-state index in [4.69, 9.17) is 0 Å². The van der Waals surface area contributed by atoms with E-state index in [9.17, 15) is 4.79 Å². The molecule has 0 saturated carbocycles. The molecule has 0 bridgehead atoms. The maximum Gasteiger partial charge on any atom is 0.143 e. The number of nitrogens with one attached hydrogen (secondary N) is 1. The maximum atomic E-state index is 9.97. The molecule has 0 unspecified atom stereocenters. The Kier molecular flexibility index (Phi) is 6.39. The third-order valence-corrected chi connectivity index (χ3v) is 1.19. The molecule has 0 amide bonds. The first-order chi connectivity index (χ1) is 5.31. The average Bonchev–Trinajstić information content (AvgIpc) is 1.99. The van der Waals surface area contributed by atoms with E-state index in [0.717, 1.165) is 24.8 Å². The molecule has 0 aromatic carbocycles. The summed E-state index contributed by atoms with van der Waals surface area (Å²) < 4.78 is 0. The second kappa shape index (κ2) is 7.06. The SMILES string of the molecule is CCCN/C=C\C(C)=C/C=O. The zero-order valence-electron chi connectivity index (χ0n) is 7.13. The van der Waals surface area contributed by atoms with Gasteiger partial charge in [0, 0.05) is 6.54 Å². The molecule has 0 saturated heterocycles. The van der Waals surface area contributed by atoms with Gasteiger partial charge in [-0.05, 0) is 37.3 Å². The molecular formula is C9H15NO. The molecule has 2 heteroatoms. The van der Waals surface area contributed by atoms with Gasteiger partial charge in [-0.25, -0.2) is 0 Å². The second-order valence-corrected chi connectivity index (χ2v) is 2.33. The Labute approximate surface area is 68.0 Å². The predicted octanol–water partition coefficient (Wildman–Crippen LogP) is 1.64. The molecule has 0 aromatic rings. The van der Waals surface area contributed by atoms with E-state index < -0.39 is 0 Å². The van der Waals surface area contributed by atoms with E-state index in [-0.39, 0.29) is 0 Å². The fraction of sp³-hybridized carbons (Fsp3) is 0.444. The molecule has 0 fully saturated rings. The monoisotopic (exact) mass is 153 g/mol. The lowest BCUT2D eigenvalue weighted by Gasteiger charge is -1.94. The van der Waals surface area contributed by atoms with E-state index in [1.54, 1.807) is 0 Å². The molecule has 0 heterocycles. The number of allylic oxidation sites excluding steroid dienone is 3. The lowest BCUT2D eigenvalue weighted by atomic mass is 10.3. The Morgan fingerprint density at radius 2 is 2.27 bits per heavy atom. The second-order valence-electron chi connectivity index (χ2n) is 2.33. The highest BCUT2D eigenvalue weighted by molar-refractivity contribution is 5.66. The van der Waals surface area contributed by atoms with Crippen molar-refractivity contribution in [1.29, 1.82) is 0 Å². The summed E-state index contributed by atoms with van der Waals surface area (Å²) in [6, 6.07) is 0. The molecule has 0 rings (SSSR count). The summed E-state index contributed by atoms with van der Waals surface area (Å²) >= 11 is 0. The van der Waals surface area contributed by atoms with Crippen molar-refractivity contribution in [3.05, 3.63) is 23.9 Å². The van der Waals surface area contributed by atoms with Gasteiger partial charge in [-0.3, -0.25) is 4.79 Å². The van der Waals surface area contributed by atoms with Crippen molar-refractivity contribution in [2.75, 3.05) is 6.54 Å². The molecule has 2 nitrogen and oxygen atoms in total. The van der Waals surface area contributed by atoms with Gasteiger partial charge in [0.25, 0.3) is 0 Å². The lowest BCUT2D eigenvalue weighted by molar-refractivity contribution is -0.104. The van der Waals surface area contributed by atoms with E-state index in [0.29, 0.717) is 0 Å². The highest BCUT2D eigenvalue weighted by atomic mass is 16.1. The van der Waals surface area contributed by atoms with Gasteiger partial charge in [0.2, 0.25) is 0 Å². The number of hydrogen-bond acceptors (Lipinski definition) is 2. The Balaban J connectivity index is 3.56. The van der Waals surface area contributed by atoms with Crippen molar-refractivity contribution in [2.24, 2.45) is 0 Å². The maximum absolute atomic E-state index is 9.97. The number of carbonyl (C=O) groups is 1. The van der Waals surface area contributed by atoms with Crippen LogP contribution in [0.15, 0.2) is 23.9 Å². The molecule has 62 valence electrons. The predicted molar refractivity (Wildman–Crippen MR) is 47.3 cm³/mol. The van der Waals surface area contributed by atoms with Gasteiger partial charge in [0.15, 0.2) is 0 Å². The van der Waals surface area contributed by atoms with Gasteiger partial charge < -0.3 is 5.32 Å². The van der Waals surface area contributed by atoms with Gasteiger partial charge in [-0.1, -0.05) is 6.92 Å². The van der Waals surface area contributed by atoms with E-state index in [1.165, 1.54) is 6.08 Å². The number of rotatable bonds is 5. The summed E-state index contributed by atoms with van der Waals surface area (Å²) in [6.07, 6.45) is 7.17. The zero-order valence-corrected chi connectivity index (χ0v) is 7.13.